The summed E-state index contributed by atoms with van der Waals surface area (Å²) in [6.07, 6.45) is 1.37. The third-order valence-electron chi connectivity index (χ3n) is 5.15. The van der Waals surface area contributed by atoms with E-state index < -0.39 is 5.41 Å². The van der Waals surface area contributed by atoms with E-state index in [1.807, 2.05) is 36.4 Å². The van der Waals surface area contributed by atoms with E-state index in [2.05, 4.69) is 23.5 Å². The molecule has 0 radical (unpaired) electrons. The van der Waals surface area contributed by atoms with Gasteiger partial charge >= 0.3 is 0 Å². The van der Waals surface area contributed by atoms with Gasteiger partial charge in [0.25, 0.3) is 0 Å². The van der Waals surface area contributed by atoms with Crippen molar-refractivity contribution in [2.75, 3.05) is 19.8 Å². The number of nitrogens with one attached hydrogen (secondary N) is 1. The maximum atomic E-state index is 12.7. The smallest absolute Gasteiger partial charge is 0.227 e. The minimum atomic E-state index is -0.491. The van der Waals surface area contributed by atoms with Crippen molar-refractivity contribution >= 4 is 18.3 Å². The predicted octanol–water partition coefficient (Wildman–Crippen LogP) is 3.20. The average molecular weight is 405 g/mol. The van der Waals surface area contributed by atoms with Crippen molar-refractivity contribution in [3.05, 3.63) is 71.3 Å². The largest absolute Gasteiger partial charge is 0.381 e. The fourth-order valence-corrected chi connectivity index (χ4v) is 3.35. The van der Waals surface area contributed by atoms with E-state index >= 15 is 0 Å². The van der Waals surface area contributed by atoms with E-state index in [1.165, 1.54) is 0 Å². The van der Waals surface area contributed by atoms with Crippen LogP contribution in [0, 0.1) is 5.41 Å². The van der Waals surface area contributed by atoms with Crippen LogP contribution in [-0.2, 0) is 34.0 Å². The number of benzene rings is 2. The maximum Gasteiger partial charge on any atom is 0.227 e. The first-order valence-electron chi connectivity index (χ1n) is 9.47. The van der Waals surface area contributed by atoms with Crippen LogP contribution < -0.4 is 11.1 Å². The number of nitrogens with two attached hydrogens (primary N) is 1. The van der Waals surface area contributed by atoms with Gasteiger partial charge in [0.15, 0.2) is 0 Å². The molecule has 3 rings (SSSR count). The summed E-state index contributed by atoms with van der Waals surface area (Å²) in [6, 6.07) is 18.2. The van der Waals surface area contributed by atoms with Crippen LogP contribution in [0.25, 0.3) is 0 Å². The number of ether oxygens (including phenoxy) is 2. The molecule has 0 atom stereocenters. The molecule has 6 heteroatoms. The van der Waals surface area contributed by atoms with E-state index in [0.29, 0.717) is 52.4 Å². The second-order valence-corrected chi connectivity index (χ2v) is 7.08. The van der Waals surface area contributed by atoms with Crippen LogP contribution in [0.15, 0.2) is 54.6 Å². The summed E-state index contributed by atoms with van der Waals surface area (Å²) in [5.41, 5.74) is 8.72. The van der Waals surface area contributed by atoms with E-state index in [1.54, 1.807) is 0 Å². The lowest BCUT2D eigenvalue weighted by atomic mass is 9.79. The Morgan fingerprint density at radius 1 is 1.00 bits per heavy atom. The van der Waals surface area contributed by atoms with Gasteiger partial charge < -0.3 is 20.5 Å². The van der Waals surface area contributed by atoms with Crippen molar-refractivity contribution in [1.82, 2.24) is 5.32 Å². The van der Waals surface area contributed by atoms with Gasteiger partial charge in [-0.15, -0.1) is 12.4 Å². The zero-order valence-electron chi connectivity index (χ0n) is 16.1. The third-order valence-corrected chi connectivity index (χ3v) is 5.15. The molecule has 5 nitrogen and oxygen atoms in total. The number of hydrogen-bond acceptors (Lipinski definition) is 4. The van der Waals surface area contributed by atoms with Crippen molar-refractivity contribution in [3.63, 3.8) is 0 Å². The Morgan fingerprint density at radius 3 is 2.36 bits per heavy atom. The monoisotopic (exact) mass is 404 g/mol. The maximum absolute atomic E-state index is 12.7. The van der Waals surface area contributed by atoms with Crippen LogP contribution >= 0.6 is 12.4 Å². The predicted molar refractivity (Wildman–Crippen MR) is 112 cm³/mol. The number of rotatable bonds is 8. The van der Waals surface area contributed by atoms with Gasteiger partial charge in [-0.25, -0.2) is 0 Å². The molecule has 0 aromatic heterocycles. The van der Waals surface area contributed by atoms with Gasteiger partial charge in [-0.05, 0) is 29.5 Å². The van der Waals surface area contributed by atoms with Crippen LogP contribution in [0.3, 0.4) is 0 Å². The first kappa shape index (κ1) is 22.4. The molecule has 3 N–H and O–H groups in total. The minimum absolute atomic E-state index is 0. The molecule has 0 bridgehead atoms. The van der Waals surface area contributed by atoms with E-state index in [0.717, 1.165) is 16.7 Å². The highest BCUT2D eigenvalue weighted by Gasteiger charge is 2.38. The second kappa shape index (κ2) is 11.2. The second-order valence-electron chi connectivity index (χ2n) is 7.08. The highest BCUT2D eigenvalue weighted by molar-refractivity contribution is 5.85. The van der Waals surface area contributed by atoms with Gasteiger partial charge in [0, 0.05) is 26.3 Å². The number of amides is 1. The molecule has 1 saturated heterocycles. The zero-order valence-corrected chi connectivity index (χ0v) is 16.9. The third kappa shape index (κ3) is 6.04. The Hall–Kier alpha value is -1.92. The molecule has 0 saturated carbocycles. The standard InChI is InChI=1S/C22H28N2O3.ClH/c23-17-22(9-11-26-12-10-22)21(25)24-14-19-7-4-8-20(13-19)16-27-15-18-5-2-1-3-6-18;/h1-8,13H,9-12,14-17,23H2,(H,24,25);1H. The lowest BCUT2D eigenvalue weighted by molar-refractivity contribution is -0.136. The normalized spacial score (nSPS) is 15.5. The van der Waals surface area contributed by atoms with Crippen LogP contribution in [0.1, 0.15) is 29.5 Å². The van der Waals surface area contributed by atoms with Crippen LogP contribution in [0.4, 0.5) is 0 Å². The number of halogens is 1. The summed E-state index contributed by atoms with van der Waals surface area (Å²) in [6.45, 7) is 3.17. The number of carbonyl (C=O) groups excluding carboxylic acids is 1. The first-order valence-corrected chi connectivity index (χ1v) is 9.47. The van der Waals surface area contributed by atoms with Crippen LogP contribution in [0.2, 0.25) is 0 Å². The van der Waals surface area contributed by atoms with Gasteiger partial charge in [0.05, 0.1) is 18.6 Å². The molecule has 1 aliphatic rings. The Balaban J connectivity index is 0.00000280. The summed E-state index contributed by atoms with van der Waals surface area (Å²) >= 11 is 0. The highest BCUT2D eigenvalue weighted by atomic mass is 35.5. The SMILES string of the molecule is Cl.NCC1(C(=O)NCc2cccc(COCc3ccccc3)c2)CCOCC1. The summed E-state index contributed by atoms with van der Waals surface area (Å²) in [4.78, 5) is 12.7. The van der Waals surface area contributed by atoms with E-state index in [-0.39, 0.29) is 18.3 Å². The molecule has 0 unspecified atom stereocenters. The number of hydrogen-bond donors (Lipinski definition) is 2. The molecule has 2 aromatic rings. The van der Waals surface area contributed by atoms with Gasteiger partial charge in [-0.3, -0.25) is 4.79 Å². The zero-order chi connectivity index (χ0) is 19.0. The molecule has 2 aromatic carbocycles. The van der Waals surface area contributed by atoms with Crippen LogP contribution in [0.5, 0.6) is 0 Å². The van der Waals surface area contributed by atoms with Crippen molar-refractivity contribution in [1.29, 1.82) is 0 Å². The van der Waals surface area contributed by atoms with Crippen LogP contribution in [-0.4, -0.2) is 25.7 Å². The lowest BCUT2D eigenvalue weighted by Gasteiger charge is -2.34. The number of carbonyl (C=O) groups is 1. The van der Waals surface area contributed by atoms with Gasteiger partial charge in [-0.2, -0.15) is 0 Å². The van der Waals surface area contributed by atoms with Gasteiger partial charge in [0.2, 0.25) is 5.91 Å². The highest BCUT2D eigenvalue weighted by Crippen LogP contribution is 2.29. The van der Waals surface area contributed by atoms with E-state index in [4.69, 9.17) is 15.2 Å². The Bertz CT molecular complexity index is 734. The quantitative estimate of drug-likeness (QED) is 0.708. The molecule has 0 spiro atoms. The minimum Gasteiger partial charge on any atom is -0.381 e. The Kier molecular flexibility index (Phi) is 8.93. The van der Waals surface area contributed by atoms with Crippen molar-refractivity contribution < 1.29 is 14.3 Å². The Morgan fingerprint density at radius 2 is 1.64 bits per heavy atom. The molecule has 28 heavy (non-hydrogen) atoms. The van der Waals surface area contributed by atoms with Crippen molar-refractivity contribution in [3.8, 4) is 0 Å². The molecule has 1 amide bonds. The van der Waals surface area contributed by atoms with Gasteiger partial charge in [-0.1, -0.05) is 54.6 Å². The lowest BCUT2D eigenvalue weighted by Crippen LogP contribution is -2.48. The van der Waals surface area contributed by atoms with E-state index in [9.17, 15) is 4.79 Å². The fraction of sp³-hybridized carbons (Fsp3) is 0.409. The molecule has 0 aliphatic carbocycles. The molecule has 1 heterocycles. The van der Waals surface area contributed by atoms with Gasteiger partial charge in [0.1, 0.15) is 0 Å². The summed E-state index contributed by atoms with van der Waals surface area (Å²) in [5, 5.41) is 3.05. The Labute approximate surface area is 173 Å². The molecule has 1 fully saturated rings. The molecular weight excluding hydrogens is 376 g/mol. The van der Waals surface area contributed by atoms with Crippen molar-refractivity contribution in [2.45, 2.75) is 32.6 Å². The summed E-state index contributed by atoms with van der Waals surface area (Å²) in [5.74, 6) is 0.0269. The summed E-state index contributed by atoms with van der Waals surface area (Å²) < 4.78 is 11.2. The topological polar surface area (TPSA) is 73.6 Å². The first-order chi connectivity index (χ1) is 13.2. The summed E-state index contributed by atoms with van der Waals surface area (Å²) in [7, 11) is 0. The molecular formula is C22H29ClN2O3. The average Bonchev–Trinajstić information content (AvgIpc) is 2.73. The fourth-order valence-electron chi connectivity index (χ4n) is 3.35. The molecule has 1 aliphatic heterocycles. The molecule has 152 valence electrons. The van der Waals surface area contributed by atoms with Crippen molar-refractivity contribution in [2.24, 2.45) is 11.1 Å².